The van der Waals surface area contributed by atoms with E-state index < -0.39 is 35.1 Å². The molecule has 0 aromatic heterocycles. The van der Waals surface area contributed by atoms with E-state index in [9.17, 15) is 16.8 Å². The summed E-state index contributed by atoms with van der Waals surface area (Å²) in [7, 11) is -7.57. The highest BCUT2D eigenvalue weighted by Crippen LogP contribution is 2.51. The SMILES string of the molecule is CS(=O)(=O)[C@@]1(Cc2ccccc2)[C@H]2OCCC[C@@H]2S1(=O)=O. The van der Waals surface area contributed by atoms with Gasteiger partial charge in [0.15, 0.2) is 19.7 Å². The van der Waals surface area contributed by atoms with Crippen molar-refractivity contribution in [1.82, 2.24) is 0 Å². The Hall–Kier alpha value is -0.920. The first-order valence-electron chi connectivity index (χ1n) is 6.89. The number of hydrogen-bond donors (Lipinski definition) is 0. The van der Waals surface area contributed by atoms with Crippen molar-refractivity contribution >= 4 is 19.7 Å². The molecule has 0 radical (unpaired) electrons. The first-order chi connectivity index (χ1) is 9.81. The predicted molar refractivity (Wildman–Crippen MR) is 79.4 cm³/mol. The molecule has 3 rings (SSSR count). The molecule has 2 aliphatic heterocycles. The van der Waals surface area contributed by atoms with Gasteiger partial charge in [-0.15, -0.1) is 0 Å². The molecule has 0 spiro atoms. The standard InChI is InChI=1S/C14H18O5S2/c1-20(15,16)14(10-11-6-3-2-4-7-11)13-12(21(14,17)18)8-5-9-19-13/h2-4,6-7,12-13H,5,8-10H2,1H3/t12-,13-,14+/m0/s1. The van der Waals surface area contributed by atoms with E-state index >= 15 is 0 Å². The van der Waals surface area contributed by atoms with Crippen molar-refractivity contribution in [1.29, 1.82) is 0 Å². The molecule has 2 fully saturated rings. The van der Waals surface area contributed by atoms with Crippen molar-refractivity contribution in [3.05, 3.63) is 35.9 Å². The highest BCUT2D eigenvalue weighted by atomic mass is 32.3. The minimum Gasteiger partial charge on any atom is -0.374 e. The Morgan fingerprint density at radius 3 is 2.57 bits per heavy atom. The minimum absolute atomic E-state index is 0.0455. The molecule has 1 aromatic carbocycles. The highest BCUT2D eigenvalue weighted by Gasteiger charge is 2.74. The number of hydrogen-bond acceptors (Lipinski definition) is 5. The van der Waals surface area contributed by atoms with E-state index in [1.807, 2.05) is 6.07 Å². The lowest BCUT2D eigenvalue weighted by atomic mass is 9.98. The minimum atomic E-state index is -3.82. The Kier molecular flexibility index (Phi) is 3.42. The number of benzene rings is 1. The molecule has 21 heavy (non-hydrogen) atoms. The molecule has 2 aliphatic rings. The molecule has 3 atom stereocenters. The number of sulfone groups is 2. The molecule has 116 valence electrons. The molecule has 0 unspecified atom stereocenters. The summed E-state index contributed by atoms with van der Waals surface area (Å²) in [5.41, 5.74) is 0.694. The molecule has 7 heteroatoms. The van der Waals surface area contributed by atoms with Crippen LogP contribution in [0.1, 0.15) is 18.4 Å². The van der Waals surface area contributed by atoms with E-state index in [1.165, 1.54) is 0 Å². The van der Waals surface area contributed by atoms with E-state index in [4.69, 9.17) is 4.74 Å². The lowest BCUT2D eigenvalue weighted by Crippen LogP contribution is -2.75. The largest absolute Gasteiger partial charge is 0.374 e. The second-order valence-electron chi connectivity index (χ2n) is 5.76. The van der Waals surface area contributed by atoms with Crippen LogP contribution in [-0.4, -0.2) is 45.1 Å². The van der Waals surface area contributed by atoms with Crippen LogP contribution >= 0.6 is 0 Å². The molecule has 0 amide bonds. The topological polar surface area (TPSA) is 77.5 Å². The third kappa shape index (κ3) is 1.98. The van der Waals surface area contributed by atoms with Gasteiger partial charge in [-0.25, -0.2) is 16.8 Å². The second kappa shape index (κ2) is 4.79. The Morgan fingerprint density at radius 2 is 1.95 bits per heavy atom. The van der Waals surface area contributed by atoms with Crippen LogP contribution in [0.3, 0.4) is 0 Å². The van der Waals surface area contributed by atoms with Gasteiger partial charge in [0, 0.05) is 19.3 Å². The lowest BCUT2D eigenvalue weighted by molar-refractivity contribution is -0.00890. The van der Waals surface area contributed by atoms with E-state index in [-0.39, 0.29) is 6.42 Å². The van der Waals surface area contributed by atoms with Gasteiger partial charge in [-0.2, -0.15) is 0 Å². The molecular weight excluding hydrogens is 312 g/mol. The summed E-state index contributed by atoms with van der Waals surface area (Å²) in [5.74, 6) is 0. The molecule has 2 saturated heterocycles. The third-order valence-electron chi connectivity index (χ3n) is 4.50. The van der Waals surface area contributed by atoms with Crippen LogP contribution < -0.4 is 0 Å². The molecular formula is C14H18O5S2. The molecule has 0 saturated carbocycles. The smallest absolute Gasteiger partial charge is 0.204 e. The molecule has 0 aliphatic carbocycles. The summed E-state index contributed by atoms with van der Waals surface area (Å²) >= 11 is 0. The second-order valence-corrected chi connectivity index (χ2v) is 10.7. The third-order valence-corrected chi connectivity index (χ3v) is 10.4. The first kappa shape index (κ1) is 15.0. The molecule has 0 N–H and O–H groups in total. The van der Waals surface area contributed by atoms with Crippen LogP contribution in [0.25, 0.3) is 0 Å². The van der Waals surface area contributed by atoms with Gasteiger partial charge in [-0.05, 0) is 18.4 Å². The van der Waals surface area contributed by atoms with Gasteiger partial charge in [-0.1, -0.05) is 30.3 Å². The summed E-state index contributed by atoms with van der Waals surface area (Å²) in [4.78, 5) is 0. The maximum Gasteiger partial charge on any atom is 0.204 e. The van der Waals surface area contributed by atoms with Crippen molar-refractivity contribution in [3.8, 4) is 0 Å². The quantitative estimate of drug-likeness (QED) is 0.824. The predicted octanol–water partition coefficient (Wildman–Crippen LogP) is 0.946. The molecule has 2 heterocycles. The normalized spacial score (nSPS) is 34.7. The summed E-state index contributed by atoms with van der Waals surface area (Å²) < 4.78 is 53.8. The van der Waals surface area contributed by atoms with Crippen molar-refractivity contribution in [2.75, 3.05) is 12.9 Å². The summed E-state index contributed by atoms with van der Waals surface area (Å²) in [5, 5.41) is -0.676. The van der Waals surface area contributed by atoms with Gasteiger partial charge in [0.2, 0.25) is 4.08 Å². The van der Waals surface area contributed by atoms with Crippen LogP contribution in [0.2, 0.25) is 0 Å². The van der Waals surface area contributed by atoms with Crippen molar-refractivity contribution in [2.45, 2.75) is 34.7 Å². The van der Waals surface area contributed by atoms with Crippen molar-refractivity contribution in [2.24, 2.45) is 0 Å². The molecule has 1 aromatic rings. The van der Waals surface area contributed by atoms with Gasteiger partial charge < -0.3 is 4.74 Å². The number of ether oxygens (including phenoxy) is 1. The zero-order chi connectivity index (χ0) is 15.3. The fourth-order valence-corrected chi connectivity index (χ4v) is 9.01. The van der Waals surface area contributed by atoms with E-state index in [0.717, 1.165) is 6.26 Å². The maximum absolute atomic E-state index is 12.7. The number of fused-ring (bicyclic) bond motifs is 1. The zero-order valence-electron chi connectivity index (χ0n) is 11.7. The van der Waals surface area contributed by atoms with Crippen LogP contribution in [0.5, 0.6) is 0 Å². The van der Waals surface area contributed by atoms with E-state index in [2.05, 4.69) is 0 Å². The lowest BCUT2D eigenvalue weighted by Gasteiger charge is -2.53. The highest BCUT2D eigenvalue weighted by molar-refractivity contribution is 8.11. The van der Waals surface area contributed by atoms with Gasteiger partial charge in [0.25, 0.3) is 0 Å². The molecule has 5 nitrogen and oxygen atoms in total. The summed E-state index contributed by atoms with van der Waals surface area (Å²) in [6.45, 7) is 0.419. The van der Waals surface area contributed by atoms with Gasteiger partial charge in [0.05, 0.1) is 5.25 Å². The van der Waals surface area contributed by atoms with Crippen LogP contribution in [0.4, 0.5) is 0 Å². The van der Waals surface area contributed by atoms with Crippen LogP contribution in [0.15, 0.2) is 30.3 Å². The monoisotopic (exact) mass is 330 g/mol. The van der Waals surface area contributed by atoms with Crippen LogP contribution in [-0.2, 0) is 30.8 Å². The van der Waals surface area contributed by atoms with Crippen molar-refractivity contribution < 1.29 is 21.6 Å². The fourth-order valence-electron chi connectivity index (χ4n) is 3.46. The number of rotatable bonds is 3. The summed E-state index contributed by atoms with van der Waals surface area (Å²) in [6, 6.07) is 8.86. The van der Waals surface area contributed by atoms with Gasteiger partial charge in [0.1, 0.15) is 6.10 Å². The average Bonchev–Trinajstić information content (AvgIpc) is 2.44. The fraction of sp³-hybridized carbons (Fsp3) is 0.571. The van der Waals surface area contributed by atoms with E-state index in [1.54, 1.807) is 24.3 Å². The Bertz CT molecular complexity index is 739. The Morgan fingerprint density at radius 1 is 1.29 bits per heavy atom. The summed E-state index contributed by atoms with van der Waals surface area (Å²) in [6.07, 6.45) is 1.36. The van der Waals surface area contributed by atoms with Gasteiger partial charge in [-0.3, -0.25) is 0 Å². The first-order valence-corrected chi connectivity index (χ1v) is 10.3. The molecule has 0 bridgehead atoms. The average molecular weight is 330 g/mol. The maximum atomic E-state index is 12.7. The Labute approximate surface area is 125 Å². The zero-order valence-corrected chi connectivity index (χ0v) is 13.4. The van der Waals surface area contributed by atoms with Crippen LogP contribution in [0, 0.1) is 0 Å². The Balaban J connectivity index is 2.11. The van der Waals surface area contributed by atoms with Crippen molar-refractivity contribution in [3.63, 3.8) is 0 Å². The van der Waals surface area contributed by atoms with E-state index in [0.29, 0.717) is 25.0 Å². The van der Waals surface area contributed by atoms with Gasteiger partial charge >= 0.3 is 0 Å².